The van der Waals surface area contributed by atoms with E-state index in [1.807, 2.05) is 30.3 Å². The lowest BCUT2D eigenvalue weighted by atomic mass is 10.0. The average molecular weight is 417 g/mol. The Kier molecular flexibility index (Phi) is 6.73. The zero-order valence-corrected chi connectivity index (χ0v) is 16.7. The molecule has 0 bridgehead atoms. The van der Waals surface area contributed by atoms with Crippen LogP contribution < -0.4 is 11.1 Å². The van der Waals surface area contributed by atoms with Gasteiger partial charge in [0.15, 0.2) is 10.8 Å². The van der Waals surface area contributed by atoms with E-state index in [1.54, 1.807) is 12.1 Å². The fourth-order valence-electron chi connectivity index (χ4n) is 3.23. The highest BCUT2D eigenvalue weighted by atomic mass is 32.2. The van der Waals surface area contributed by atoms with Crippen molar-refractivity contribution >= 4 is 21.7 Å². The number of ketones is 1. The number of hydrogen-bond donors (Lipinski definition) is 2. The van der Waals surface area contributed by atoms with E-state index in [9.17, 15) is 18.0 Å². The number of carbonyl (C=O) groups is 2. The van der Waals surface area contributed by atoms with Crippen LogP contribution in [0, 0.1) is 0 Å². The highest BCUT2D eigenvalue weighted by Crippen LogP contribution is 2.17. The fraction of sp³-hybridized carbons (Fsp3) is 0.350. The second-order valence-electron chi connectivity index (χ2n) is 6.97. The van der Waals surface area contributed by atoms with E-state index in [0.717, 1.165) is 9.87 Å². The third-order valence-corrected chi connectivity index (χ3v) is 6.58. The molecule has 8 nitrogen and oxygen atoms in total. The normalized spacial score (nSPS) is 19.3. The number of carbonyl (C=O) groups excluding carboxylic acids is 2. The predicted octanol–water partition coefficient (Wildman–Crippen LogP) is 0.490. The Balaban J connectivity index is 1.63. The SMILES string of the molecule is N[C@@H](Cc1ccccc1)C(=O)N[C@H]1CCCN(S(=O)(=O)c2ccccn2)CC1=O. The first-order chi connectivity index (χ1) is 13.9. The molecule has 154 valence electrons. The molecule has 1 aliphatic heterocycles. The molecule has 1 aliphatic rings. The maximum absolute atomic E-state index is 12.7. The van der Waals surface area contributed by atoms with Crippen LogP contribution in [0.25, 0.3) is 0 Å². The Morgan fingerprint density at radius 3 is 2.62 bits per heavy atom. The summed E-state index contributed by atoms with van der Waals surface area (Å²) in [6.07, 6.45) is 2.55. The van der Waals surface area contributed by atoms with Crippen LogP contribution in [-0.4, -0.2) is 54.6 Å². The summed E-state index contributed by atoms with van der Waals surface area (Å²) < 4.78 is 26.6. The zero-order valence-electron chi connectivity index (χ0n) is 15.9. The molecule has 1 aromatic heterocycles. The highest BCUT2D eigenvalue weighted by molar-refractivity contribution is 7.89. The van der Waals surface area contributed by atoms with Gasteiger partial charge in [0.25, 0.3) is 10.0 Å². The minimum atomic E-state index is -3.86. The van der Waals surface area contributed by atoms with E-state index < -0.39 is 28.0 Å². The van der Waals surface area contributed by atoms with Crippen molar-refractivity contribution in [1.82, 2.24) is 14.6 Å². The molecule has 29 heavy (non-hydrogen) atoms. The van der Waals surface area contributed by atoms with Gasteiger partial charge in [0.2, 0.25) is 5.91 Å². The molecule has 1 fully saturated rings. The molecule has 0 spiro atoms. The largest absolute Gasteiger partial charge is 0.345 e. The average Bonchev–Trinajstić information content (AvgIpc) is 2.91. The van der Waals surface area contributed by atoms with Gasteiger partial charge in [-0.15, -0.1) is 0 Å². The molecule has 1 aromatic carbocycles. The van der Waals surface area contributed by atoms with Crippen LogP contribution in [-0.2, 0) is 26.0 Å². The van der Waals surface area contributed by atoms with Crippen molar-refractivity contribution in [3.05, 3.63) is 60.3 Å². The van der Waals surface area contributed by atoms with Gasteiger partial charge in [0.05, 0.1) is 18.6 Å². The number of benzene rings is 1. The molecule has 1 amide bonds. The summed E-state index contributed by atoms with van der Waals surface area (Å²) in [5.41, 5.74) is 6.91. The van der Waals surface area contributed by atoms with Crippen molar-refractivity contribution in [3.8, 4) is 0 Å². The van der Waals surface area contributed by atoms with Gasteiger partial charge in [0.1, 0.15) is 0 Å². The summed E-state index contributed by atoms with van der Waals surface area (Å²) in [7, 11) is -3.86. The molecule has 2 heterocycles. The maximum Gasteiger partial charge on any atom is 0.260 e. The zero-order chi connectivity index (χ0) is 20.9. The summed E-state index contributed by atoms with van der Waals surface area (Å²) in [4.78, 5) is 29.0. The first kappa shape index (κ1) is 21.1. The van der Waals surface area contributed by atoms with Gasteiger partial charge in [0, 0.05) is 12.7 Å². The monoisotopic (exact) mass is 416 g/mol. The standard InChI is InChI=1S/C20H24N4O4S/c21-16(13-15-7-2-1-3-8-15)20(26)23-17-9-6-12-24(14-18(17)25)29(27,28)19-10-4-5-11-22-19/h1-5,7-8,10-11,16-17H,6,9,12-14,21H2,(H,23,26)/t16-,17-/m0/s1. The Hall–Kier alpha value is -2.62. The van der Waals surface area contributed by atoms with Crippen LogP contribution in [0.15, 0.2) is 59.8 Å². The molecule has 9 heteroatoms. The summed E-state index contributed by atoms with van der Waals surface area (Å²) in [6, 6.07) is 12.4. The number of amides is 1. The number of nitrogens with two attached hydrogens (primary N) is 1. The molecule has 0 aliphatic carbocycles. The van der Waals surface area contributed by atoms with Crippen molar-refractivity contribution in [2.24, 2.45) is 5.73 Å². The van der Waals surface area contributed by atoms with Crippen molar-refractivity contribution in [2.45, 2.75) is 36.4 Å². The Morgan fingerprint density at radius 2 is 1.93 bits per heavy atom. The van der Waals surface area contributed by atoms with E-state index in [2.05, 4.69) is 10.3 Å². The number of sulfonamides is 1. The molecular formula is C20H24N4O4S. The van der Waals surface area contributed by atoms with Gasteiger partial charge in [-0.05, 0) is 37.0 Å². The second kappa shape index (κ2) is 9.25. The molecule has 2 aromatic rings. The first-order valence-corrected chi connectivity index (χ1v) is 10.9. The van der Waals surface area contributed by atoms with Gasteiger partial charge in [-0.2, -0.15) is 4.31 Å². The summed E-state index contributed by atoms with van der Waals surface area (Å²) in [5, 5.41) is 2.59. The number of rotatable bonds is 6. The second-order valence-corrected chi connectivity index (χ2v) is 8.86. The Bertz CT molecular complexity index is 951. The van der Waals surface area contributed by atoms with Crippen molar-refractivity contribution in [1.29, 1.82) is 0 Å². The predicted molar refractivity (Wildman–Crippen MR) is 107 cm³/mol. The molecule has 3 rings (SSSR count). The van der Waals surface area contributed by atoms with Crippen molar-refractivity contribution in [2.75, 3.05) is 13.1 Å². The van der Waals surface area contributed by atoms with Crippen LogP contribution in [0.5, 0.6) is 0 Å². The highest BCUT2D eigenvalue weighted by Gasteiger charge is 2.34. The lowest BCUT2D eigenvalue weighted by Gasteiger charge is -2.20. The van der Waals surface area contributed by atoms with E-state index in [4.69, 9.17) is 5.73 Å². The van der Waals surface area contributed by atoms with Gasteiger partial charge in [-0.3, -0.25) is 9.59 Å². The summed E-state index contributed by atoms with van der Waals surface area (Å²) in [6.45, 7) is -0.120. The molecule has 0 unspecified atom stereocenters. The van der Waals surface area contributed by atoms with Crippen molar-refractivity contribution < 1.29 is 18.0 Å². The number of aromatic nitrogens is 1. The third kappa shape index (κ3) is 5.26. The topological polar surface area (TPSA) is 122 Å². The lowest BCUT2D eigenvalue weighted by Crippen LogP contribution is -2.50. The van der Waals surface area contributed by atoms with Gasteiger partial charge >= 0.3 is 0 Å². The van der Waals surface area contributed by atoms with E-state index in [1.165, 1.54) is 12.3 Å². The summed E-state index contributed by atoms with van der Waals surface area (Å²) >= 11 is 0. The van der Waals surface area contributed by atoms with Crippen LogP contribution in [0.4, 0.5) is 0 Å². The van der Waals surface area contributed by atoms with Crippen molar-refractivity contribution in [3.63, 3.8) is 0 Å². The van der Waals surface area contributed by atoms with E-state index in [-0.39, 0.29) is 23.9 Å². The fourth-order valence-corrected chi connectivity index (χ4v) is 4.60. The van der Waals surface area contributed by atoms with E-state index in [0.29, 0.717) is 19.3 Å². The van der Waals surface area contributed by atoms with Crippen LogP contribution in [0.2, 0.25) is 0 Å². The maximum atomic E-state index is 12.7. The van der Waals surface area contributed by atoms with Gasteiger partial charge < -0.3 is 11.1 Å². The smallest absolute Gasteiger partial charge is 0.260 e. The van der Waals surface area contributed by atoms with Gasteiger partial charge in [-0.1, -0.05) is 36.4 Å². The summed E-state index contributed by atoms with van der Waals surface area (Å²) in [5.74, 6) is -0.782. The lowest BCUT2D eigenvalue weighted by molar-refractivity contribution is -0.128. The van der Waals surface area contributed by atoms with Gasteiger partial charge in [-0.25, -0.2) is 13.4 Å². The molecular weight excluding hydrogens is 392 g/mol. The third-order valence-electron chi connectivity index (χ3n) is 4.81. The van der Waals surface area contributed by atoms with E-state index >= 15 is 0 Å². The first-order valence-electron chi connectivity index (χ1n) is 9.41. The van der Waals surface area contributed by atoms with Crippen LogP contribution in [0.1, 0.15) is 18.4 Å². The molecule has 0 saturated carbocycles. The minimum absolute atomic E-state index is 0.0971. The Labute approximate surface area is 170 Å². The number of hydrogen-bond acceptors (Lipinski definition) is 6. The van der Waals surface area contributed by atoms with Crippen LogP contribution in [0.3, 0.4) is 0 Å². The number of pyridine rings is 1. The molecule has 0 radical (unpaired) electrons. The number of Topliss-reactive ketones (excluding diaryl/α,β-unsaturated/α-hetero) is 1. The number of nitrogens with one attached hydrogen (secondary N) is 1. The number of nitrogens with zero attached hydrogens (tertiary/aromatic N) is 2. The Morgan fingerprint density at radius 1 is 1.21 bits per heavy atom. The molecule has 2 atom stereocenters. The molecule has 1 saturated heterocycles. The minimum Gasteiger partial charge on any atom is -0.345 e. The van der Waals surface area contributed by atoms with Crippen LogP contribution >= 0.6 is 0 Å². The molecule has 3 N–H and O–H groups in total. The quantitative estimate of drug-likeness (QED) is 0.707.